The number of likely N-dealkylation sites (tertiary alicyclic amines) is 1. The van der Waals surface area contributed by atoms with E-state index in [0.717, 1.165) is 32.5 Å². The van der Waals surface area contributed by atoms with E-state index >= 15 is 0 Å². The Kier molecular flexibility index (Phi) is 4.71. The maximum absolute atomic E-state index is 12.3. The molecule has 1 fully saturated rings. The summed E-state index contributed by atoms with van der Waals surface area (Å²) in [6.45, 7) is 5.34. The lowest BCUT2D eigenvalue weighted by Gasteiger charge is -2.36. The van der Waals surface area contributed by atoms with Gasteiger partial charge in [-0.25, -0.2) is 9.97 Å². The third-order valence-corrected chi connectivity index (χ3v) is 3.91. The average Bonchev–Trinajstić information content (AvgIpc) is 2.46. The Hall–Kier alpha value is -1.20. The van der Waals surface area contributed by atoms with Gasteiger partial charge in [-0.05, 0) is 19.4 Å². The number of hydrogen-bond acceptors (Lipinski definition) is 4. The largest absolute Gasteiger partial charge is 0.337 e. The van der Waals surface area contributed by atoms with Gasteiger partial charge in [-0.2, -0.15) is 0 Å². The summed E-state index contributed by atoms with van der Waals surface area (Å²) in [7, 11) is 1.84. The van der Waals surface area contributed by atoms with Gasteiger partial charge in [-0.1, -0.05) is 18.5 Å². The molecule has 0 aliphatic carbocycles. The van der Waals surface area contributed by atoms with Crippen molar-refractivity contribution >= 4 is 17.5 Å². The first-order valence-electron chi connectivity index (χ1n) is 6.59. The number of rotatable bonds is 3. The van der Waals surface area contributed by atoms with Crippen molar-refractivity contribution in [3.63, 3.8) is 0 Å². The van der Waals surface area contributed by atoms with Gasteiger partial charge >= 0.3 is 0 Å². The van der Waals surface area contributed by atoms with Crippen molar-refractivity contribution in [1.82, 2.24) is 19.8 Å². The zero-order valence-electron chi connectivity index (χ0n) is 11.3. The minimum absolute atomic E-state index is 0.0842. The fraction of sp³-hybridized carbons (Fsp3) is 0.615. The molecule has 0 N–H and O–H groups in total. The maximum atomic E-state index is 12.3. The van der Waals surface area contributed by atoms with Crippen LogP contribution in [0.15, 0.2) is 12.4 Å². The van der Waals surface area contributed by atoms with E-state index in [1.807, 2.05) is 7.05 Å². The standard InChI is InChI=1S/C13H19ClN4O/c1-3-18-6-4-10(5-7-18)17(2)13(19)11-8-16-12(14)9-15-11/h8-10H,3-7H2,1-2H3. The number of amides is 1. The van der Waals surface area contributed by atoms with Gasteiger partial charge in [0.2, 0.25) is 0 Å². The minimum atomic E-state index is -0.0842. The van der Waals surface area contributed by atoms with Gasteiger partial charge in [0.25, 0.3) is 5.91 Å². The molecule has 104 valence electrons. The Bertz CT molecular complexity index is 429. The third kappa shape index (κ3) is 3.42. The van der Waals surface area contributed by atoms with Crippen molar-refractivity contribution in [3.05, 3.63) is 23.2 Å². The summed E-state index contributed by atoms with van der Waals surface area (Å²) in [5.74, 6) is -0.0842. The van der Waals surface area contributed by atoms with Gasteiger partial charge in [0.05, 0.1) is 12.4 Å². The van der Waals surface area contributed by atoms with Gasteiger partial charge < -0.3 is 9.80 Å². The molecule has 19 heavy (non-hydrogen) atoms. The smallest absolute Gasteiger partial charge is 0.274 e. The molecular weight excluding hydrogens is 264 g/mol. The fourth-order valence-electron chi connectivity index (χ4n) is 2.39. The van der Waals surface area contributed by atoms with Crippen LogP contribution in [0.3, 0.4) is 0 Å². The Morgan fingerprint density at radius 2 is 2.11 bits per heavy atom. The first kappa shape index (κ1) is 14.2. The molecule has 0 saturated carbocycles. The second kappa shape index (κ2) is 6.30. The van der Waals surface area contributed by atoms with E-state index in [-0.39, 0.29) is 11.9 Å². The molecule has 1 aliphatic rings. The summed E-state index contributed by atoms with van der Waals surface area (Å²) < 4.78 is 0. The highest BCUT2D eigenvalue weighted by molar-refractivity contribution is 6.29. The normalized spacial score (nSPS) is 17.4. The molecule has 0 radical (unpaired) electrons. The highest BCUT2D eigenvalue weighted by atomic mass is 35.5. The van der Waals surface area contributed by atoms with Crippen LogP contribution in [0.2, 0.25) is 5.15 Å². The van der Waals surface area contributed by atoms with Crippen LogP contribution >= 0.6 is 11.6 Å². The van der Waals surface area contributed by atoms with Crippen molar-refractivity contribution < 1.29 is 4.79 Å². The van der Waals surface area contributed by atoms with Gasteiger partial charge in [-0.3, -0.25) is 4.79 Å². The Balaban J connectivity index is 1.98. The highest BCUT2D eigenvalue weighted by Gasteiger charge is 2.26. The third-order valence-electron chi connectivity index (χ3n) is 3.71. The van der Waals surface area contributed by atoms with Crippen LogP contribution in [0.25, 0.3) is 0 Å². The quantitative estimate of drug-likeness (QED) is 0.846. The van der Waals surface area contributed by atoms with Crippen LogP contribution in [0.4, 0.5) is 0 Å². The van der Waals surface area contributed by atoms with E-state index in [0.29, 0.717) is 10.8 Å². The maximum Gasteiger partial charge on any atom is 0.274 e. The lowest BCUT2D eigenvalue weighted by Crippen LogP contribution is -2.45. The summed E-state index contributed by atoms with van der Waals surface area (Å²) in [5.41, 5.74) is 0.352. The topological polar surface area (TPSA) is 49.3 Å². The molecule has 1 saturated heterocycles. The van der Waals surface area contributed by atoms with Crippen LogP contribution < -0.4 is 0 Å². The predicted molar refractivity (Wildman–Crippen MR) is 74.3 cm³/mol. The van der Waals surface area contributed by atoms with E-state index in [4.69, 9.17) is 11.6 Å². The molecule has 1 aliphatic heterocycles. The molecule has 0 spiro atoms. The first-order valence-corrected chi connectivity index (χ1v) is 6.96. The predicted octanol–water partition coefficient (Wildman–Crippen LogP) is 1.69. The highest BCUT2D eigenvalue weighted by Crippen LogP contribution is 2.16. The van der Waals surface area contributed by atoms with Crippen molar-refractivity contribution in [2.24, 2.45) is 0 Å². The zero-order valence-corrected chi connectivity index (χ0v) is 12.1. The Morgan fingerprint density at radius 3 is 2.63 bits per heavy atom. The van der Waals surface area contributed by atoms with E-state index in [1.165, 1.54) is 12.4 Å². The first-order chi connectivity index (χ1) is 9.11. The molecule has 6 heteroatoms. The summed E-state index contributed by atoms with van der Waals surface area (Å²) in [6.07, 6.45) is 4.86. The molecule has 5 nitrogen and oxygen atoms in total. The lowest BCUT2D eigenvalue weighted by atomic mass is 10.0. The minimum Gasteiger partial charge on any atom is -0.337 e. The van der Waals surface area contributed by atoms with E-state index in [2.05, 4.69) is 21.8 Å². The molecular formula is C13H19ClN4O. The average molecular weight is 283 g/mol. The molecule has 1 amide bonds. The van der Waals surface area contributed by atoms with E-state index in [1.54, 1.807) is 4.90 Å². The molecule has 0 aromatic carbocycles. The van der Waals surface area contributed by atoms with Crippen LogP contribution in [0.1, 0.15) is 30.3 Å². The number of carbonyl (C=O) groups excluding carboxylic acids is 1. The van der Waals surface area contributed by atoms with Crippen molar-refractivity contribution in [1.29, 1.82) is 0 Å². The van der Waals surface area contributed by atoms with Crippen molar-refractivity contribution in [3.8, 4) is 0 Å². The number of nitrogens with zero attached hydrogens (tertiary/aromatic N) is 4. The van der Waals surface area contributed by atoms with E-state index < -0.39 is 0 Å². The molecule has 0 bridgehead atoms. The molecule has 0 atom stereocenters. The molecule has 2 rings (SSSR count). The van der Waals surface area contributed by atoms with Gasteiger partial charge in [-0.15, -0.1) is 0 Å². The van der Waals surface area contributed by atoms with Crippen molar-refractivity contribution in [2.75, 3.05) is 26.7 Å². The Morgan fingerprint density at radius 1 is 1.42 bits per heavy atom. The Labute approximate surface area is 118 Å². The van der Waals surface area contributed by atoms with Gasteiger partial charge in [0.1, 0.15) is 10.8 Å². The molecule has 1 aromatic rings. The SMILES string of the molecule is CCN1CCC(N(C)C(=O)c2cnc(Cl)cn2)CC1. The lowest BCUT2D eigenvalue weighted by molar-refractivity contribution is 0.0640. The van der Waals surface area contributed by atoms with Crippen LogP contribution in [0, 0.1) is 0 Å². The van der Waals surface area contributed by atoms with Crippen molar-refractivity contribution in [2.45, 2.75) is 25.8 Å². The number of carbonyl (C=O) groups is 1. The van der Waals surface area contributed by atoms with Crippen LogP contribution in [0.5, 0.6) is 0 Å². The summed E-state index contributed by atoms with van der Waals surface area (Å²) in [4.78, 5) is 24.4. The van der Waals surface area contributed by atoms with Gasteiger partial charge in [0, 0.05) is 26.2 Å². The second-order valence-electron chi connectivity index (χ2n) is 4.81. The van der Waals surface area contributed by atoms with Crippen LogP contribution in [-0.2, 0) is 0 Å². The van der Waals surface area contributed by atoms with Gasteiger partial charge in [0.15, 0.2) is 0 Å². The number of aromatic nitrogens is 2. The van der Waals surface area contributed by atoms with E-state index in [9.17, 15) is 4.79 Å². The zero-order chi connectivity index (χ0) is 13.8. The summed E-state index contributed by atoms with van der Waals surface area (Å²) in [6, 6.07) is 0.285. The fourth-order valence-corrected chi connectivity index (χ4v) is 2.49. The number of piperidine rings is 1. The summed E-state index contributed by atoms with van der Waals surface area (Å²) >= 11 is 5.67. The molecule has 1 aromatic heterocycles. The number of hydrogen-bond donors (Lipinski definition) is 0. The summed E-state index contributed by atoms with van der Waals surface area (Å²) in [5, 5.41) is 0.301. The second-order valence-corrected chi connectivity index (χ2v) is 5.19. The molecule has 2 heterocycles. The van der Waals surface area contributed by atoms with Crippen LogP contribution in [-0.4, -0.2) is 58.4 Å². The number of halogens is 1. The monoisotopic (exact) mass is 282 g/mol. The molecule has 0 unspecified atom stereocenters.